The van der Waals surface area contributed by atoms with Crippen molar-refractivity contribution < 1.29 is 0 Å². The van der Waals surface area contributed by atoms with Gasteiger partial charge in [0.15, 0.2) is 0 Å². The summed E-state index contributed by atoms with van der Waals surface area (Å²) in [5.74, 6) is 0. The first-order valence-corrected chi connectivity index (χ1v) is 5.12. The van der Waals surface area contributed by atoms with Gasteiger partial charge in [0, 0.05) is 0 Å². The molecule has 0 bridgehead atoms. The number of hydrogen-bond acceptors (Lipinski definition) is 1. The second-order valence-electron chi connectivity index (χ2n) is 3.45. The van der Waals surface area contributed by atoms with Crippen molar-refractivity contribution in [3.05, 3.63) is 71.8 Å². The first-order valence-electron chi connectivity index (χ1n) is 5.12. The lowest BCUT2D eigenvalue weighted by atomic mass is 10.0. The van der Waals surface area contributed by atoms with Crippen molar-refractivity contribution in [1.29, 1.82) is 5.26 Å². The maximum Gasteiger partial charge on any atom is 0.0998 e. The molecule has 0 atom stereocenters. The van der Waals surface area contributed by atoms with Gasteiger partial charge in [0.25, 0.3) is 0 Å². The Morgan fingerprint density at radius 1 is 0.875 bits per heavy atom. The van der Waals surface area contributed by atoms with Crippen molar-refractivity contribution in [2.75, 3.05) is 0 Å². The van der Waals surface area contributed by atoms with E-state index in [1.54, 1.807) is 0 Å². The number of nitrogens with zero attached hydrogens (tertiary/aromatic N) is 1. The summed E-state index contributed by atoms with van der Waals surface area (Å²) < 4.78 is 0. The Balaban J connectivity index is 2.39. The van der Waals surface area contributed by atoms with Crippen molar-refractivity contribution in [3.63, 3.8) is 0 Å². The molecule has 0 amide bonds. The van der Waals surface area contributed by atoms with Crippen LogP contribution in [0.25, 0.3) is 11.6 Å². The fourth-order valence-corrected chi connectivity index (χ4v) is 1.51. The molecule has 1 nitrogen and oxygen atoms in total. The first-order chi connectivity index (χ1) is 7.90. The van der Waals surface area contributed by atoms with E-state index in [9.17, 15) is 0 Å². The van der Waals surface area contributed by atoms with Crippen LogP contribution in [-0.4, -0.2) is 0 Å². The Kier molecular flexibility index (Phi) is 3.15. The zero-order valence-corrected chi connectivity index (χ0v) is 8.80. The maximum absolute atomic E-state index is 9.12. The molecule has 0 saturated carbocycles. The molecule has 0 heterocycles. The van der Waals surface area contributed by atoms with Crippen molar-refractivity contribution in [1.82, 2.24) is 0 Å². The summed E-state index contributed by atoms with van der Waals surface area (Å²) in [5.41, 5.74) is 2.68. The van der Waals surface area contributed by atoms with Crippen molar-refractivity contribution in [2.24, 2.45) is 0 Å². The average Bonchev–Trinajstić information content (AvgIpc) is 2.38. The van der Waals surface area contributed by atoms with Crippen LogP contribution < -0.4 is 0 Å². The number of benzene rings is 2. The van der Waals surface area contributed by atoms with E-state index in [1.165, 1.54) is 0 Å². The molecule has 2 aromatic carbocycles. The second-order valence-corrected chi connectivity index (χ2v) is 3.45. The SMILES string of the molecule is N#C/C(=C\c1ccccc1)c1ccccc1. The molecule has 0 aromatic heterocycles. The Bertz CT molecular complexity index is 518. The van der Waals surface area contributed by atoms with Crippen LogP contribution in [0.3, 0.4) is 0 Å². The van der Waals surface area contributed by atoms with Gasteiger partial charge in [-0.3, -0.25) is 0 Å². The molecule has 0 unspecified atom stereocenters. The molecule has 0 N–H and O–H groups in total. The first kappa shape index (κ1) is 10.2. The van der Waals surface area contributed by atoms with Crippen LogP contribution in [0.4, 0.5) is 0 Å². The summed E-state index contributed by atoms with van der Waals surface area (Å²) in [4.78, 5) is 0. The zero-order chi connectivity index (χ0) is 11.2. The molecule has 0 aliphatic carbocycles. The Labute approximate surface area is 95.3 Å². The summed E-state index contributed by atoms with van der Waals surface area (Å²) >= 11 is 0. The van der Waals surface area contributed by atoms with Crippen LogP contribution in [0, 0.1) is 11.3 Å². The average molecular weight is 205 g/mol. The molecule has 0 fully saturated rings. The Morgan fingerprint density at radius 3 is 2.00 bits per heavy atom. The minimum Gasteiger partial charge on any atom is -0.192 e. The topological polar surface area (TPSA) is 23.8 Å². The molecule has 0 spiro atoms. The molecule has 76 valence electrons. The monoisotopic (exact) mass is 205 g/mol. The standard InChI is InChI=1S/C15H11N/c16-12-15(14-9-5-2-6-10-14)11-13-7-3-1-4-8-13/h1-11H/b15-11+. The van der Waals surface area contributed by atoms with Crippen molar-refractivity contribution in [2.45, 2.75) is 0 Å². The summed E-state index contributed by atoms with van der Waals surface area (Å²) in [6, 6.07) is 21.8. The van der Waals surface area contributed by atoms with Gasteiger partial charge in [0.1, 0.15) is 0 Å². The molecule has 0 radical (unpaired) electrons. The van der Waals surface area contributed by atoms with E-state index in [1.807, 2.05) is 66.7 Å². The van der Waals surface area contributed by atoms with Gasteiger partial charge in [-0.2, -0.15) is 5.26 Å². The number of hydrogen-bond donors (Lipinski definition) is 0. The lowest BCUT2D eigenvalue weighted by Gasteiger charge is -1.98. The third-order valence-corrected chi connectivity index (χ3v) is 2.32. The van der Waals surface area contributed by atoms with Gasteiger partial charge in [-0.25, -0.2) is 0 Å². The van der Waals surface area contributed by atoms with E-state index in [2.05, 4.69) is 6.07 Å². The molecular weight excluding hydrogens is 194 g/mol. The maximum atomic E-state index is 9.12. The largest absolute Gasteiger partial charge is 0.192 e. The number of allylic oxidation sites excluding steroid dienone is 1. The van der Waals surface area contributed by atoms with Crippen molar-refractivity contribution >= 4 is 11.6 Å². The van der Waals surface area contributed by atoms with Crippen LogP contribution in [0.2, 0.25) is 0 Å². The highest BCUT2D eigenvalue weighted by Crippen LogP contribution is 2.16. The summed E-state index contributed by atoms with van der Waals surface area (Å²) in [6.07, 6.45) is 1.90. The minimum absolute atomic E-state index is 0.687. The highest BCUT2D eigenvalue weighted by molar-refractivity contribution is 5.89. The predicted octanol–water partition coefficient (Wildman–Crippen LogP) is 3.75. The van der Waals surface area contributed by atoms with Gasteiger partial charge in [-0.15, -0.1) is 0 Å². The Hall–Kier alpha value is -2.33. The van der Waals surface area contributed by atoms with E-state index in [0.29, 0.717) is 5.57 Å². The Morgan fingerprint density at radius 2 is 1.44 bits per heavy atom. The molecule has 0 aliphatic heterocycles. The molecule has 0 saturated heterocycles. The van der Waals surface area contributed by atoms with Crippen LogP contribution in [0.5, 0.6) is 0 Å². The quantitative estimate of drug-likeness (QED) is 0.541. The summed E-state index contributed by atoms with van der Waals surface area (Å²) in [5, 5.41) is 9.12. The molecule has 2 rings (SSSR count). The van der Waals surface area contributed by atoms with Gasteiger partial charge < -0.3 is 0 Å². The highest BCUT2D eigenvalue weighted by atomic mass is 14.2. The molecule has 2 aromatic rings. The van der Waals surface area contributed by atoms with Gasteiger partial charge in [-0.1, -0.05) is 60.7 Å². The second kappa shape index (κ2) is 4.95. The smallest absolute Gasteiger partial charge is 0.0998 e. The van der Waals surface area contributed by atoms with Gasteiger partial charge >= 0.3 is 0 Å². The molecule has 16 heavy (non-hydrogen) atoms. The third-order valence-electron chi connectivity index (χ3n) is 2.32. The number of rotatable bonds is 2. The molecular formula is C15H11N. The normalized spacial score (nSPS) is 10.8. The van der Waals surface area contributed by atoms with Gasteiger partial charge in [0.2, 0.25) is 0 Å². The third kappa shape index (κ3) is 2.37. The van der Waals surface area contributed by atoms with E-state index < -0.39 is 0 Å². The summed E-state index contributed by atoms with van der Waals surface area (Å²) in [7, 11) is 0. The lowest BCUT2D eigenvalue weighted by molar-refractivity contribution is 1.52. The minimum atomic E-state index is 0.687. The van der Waals surface area contributed by atoms with Gasteiger partial charge in [0.05, 0.1) is 11.6 Å². The number of nitriles is 1. The van der Waals surface area contributed by atoms with E-state index >= 15 is 0 Å². The highest BCUT2D eigenvalue weighted by Gasteiger charge is 1.98. The predicted molar refractivity (Wildman–Crippen MR) is 66.4 cm³/mol. The van der Waals surface area contributed by atoms with Crippen LogP contribution >= 0.6 is 0 Å². The fraction of sp³-hybridized carbons (Fsp3) is 0. The zero-order valence-electron chi connectivity index (χ0n) is 8.80. The molecule has 0 aliphatic rings. The van der Waals surface area contributed by atoms with Crippen LogP contribution in [0.1, 0.15) is 11.1 Å². The fourth-order valence-electron chi connectivity index (χ4n) is 1.51. The van der Waals surface area contributed by atoms with E-state index in [4.69, 9.17) is 5.26 Å². The molecule has 1 heteroatoms. The van der Waals surface area contributed by atoms with E-state index in [0.717, 1.165) is 11.1 Å². The van der Waals surface area contributed by atoms with Crippen LogP contribution in [-0.2, 0) is 0 Å². The van der Waals surface area contributed by atoms with Crippen molar-refractivity contribution in [3.8, 4) is 6.07 Å². The lowest BCUT2D eigenvalue weighted by Crippen LogP contribution is -1.80. The summed E-state index contributed by atoms with van der Waals surface area (Å²) in [6.45, 7) is 0. The van der Waals surface area contributed by atoms with E-state index in [-0.39, 0.29) is 0 Å². The van der Waals surface area contributed by atoms with Gasteiger partial charge in [-0.05, 0) is 17.2 Å². The van der Waals surface area contributed by atoms with Crippen LogP contribution in [0.15, 0.2) is 60.7 Å².